The number of fused-ring (bicyclic) bond motifs is 2. The average molecular weight is 589 g/mol. The van der Waals surface area contributed by atoms with Crippen molar-refractivity contribution in [1.29, 1.82) is 5.26 Å². The molecule has 4 rings (SSSR count). The van der Waals surface area contributed by atoms with E-state index >= 15 is 0 Å². The van der Waals surface area contributed by atoms with Crippen LogP contribution in [0.4, 0.5) is 4.79 Å². The predicted molar refractivity (Wildman–Crippen MR) is 150 cm³/mol. The van der Waals surface area contributed by atoms with Crippen molar-refractivity contribution in [2.45, 2.75) is 87.7 Å². The van der Waals surface area contributed by atoms with Gasteiger partial charge in [-0.25, -0.2) is 17.5 Å². The van der Waals surface area contributed by atoms with E-state index in [0.29, 0.717) is 32.4 Å². The van der Waals surface area contributed by atoms with Gasteiger partial charge in [0.05, 0.1) is 23.0 Å². The van der Waals surface area contributed by atoms with Gasteiger partial charge in [-0.2, -0.15) is 5.26 Å². The van der Waals surface area contributed by atoms with Gasteiger partial charge < -0.3 is 19.9 Å². The van der Waals surface area contributed by atoms with Crippen molar-refractivity contribution < 1.29 is 27.5 Å². The van der Waals surface area contributed by atoms with Crippen LogP contribution in [0.1, 0.15) is 58.6 Å². The summed E-state index contributed by atoms with van der Waals surface area (Å²) in [6.07, 6.45) is 1.12. The van der Waals surface area contributed by atoms with Crippen molar-refractivity contribution in [2.75, 3.05) is 33.7 Å². The van der Waals surface area contributed by atoms with Crippen LogP contribution in [0.25, 0.3) is 0 Å². The predicted octanol–water partition coefficient (Wildman–Crippen LogP) is 1.69. The Morgan fingerprint density at radius 1 is 1.27 bits per heavy atom. The Balaban J connectivity index is 1.50. The molecule has 5 atom stereocenters. The topological polar surface area (TPSA) is 143 Å². The van der Waals surface area contributed by atoms with E-state index in [2.05, 4.69) is 11.4 Å². The minimum absolute atomic E-state index is 0.103. The number of alkyl carbamates (subject to hydrolysis) is 1. The number of rotatable bonds is 8. The van der Waals surface area contributed by atoms with E-state index in [1.54, 1.807) is 37.8 Å². The maximum absolute atomic E-state index is 13.6. The maximum atomic E-state index is 13.6. The second-order valence-electron chi connectivity index (χ2n) is 12.2. The molecule has 12 nitrogen and oxygen atoms in total. The van der Waals surface area contributed by atoms with Gasteiger partial charge in [-0.3, -0.25) is 14.5 Å². The van der Waals surface area contributed by atoms with Crippen LogP contribution in [0, 0.1) is 11.3 Å². The first kappa shape index (κ1) is 30.7. The summed E-state index contributed by atoms with van der Waals surface area (Å²) in [6.45, 7) is 8.12. The Labute approximate surface area is 242 Å². The lowest BCUT2D eigenvalue weighted by Gasteiger charge is -2.39. The maximum Gasteiger partial charge on any atom is 0.408 e. The number of carbonyl (C=O) groups is 3. The van der Waals surface area contributed by atoms with Gasteiger partial charge in [0.2, 0.25) is 21.8 Å². The average Bonchev–Trinajstić information content (AvgIpc) is 3.61. The molecule has 0 saturated carbocycles. The number of piperazine rings is 1. The van der Waals surface area contributed by atoms with Gasteiger partial charge in [-0.15, -0.1) is 0 Å². The number of likely N-dealkylation sites (tertiary alicyclic amines) is 3. The van der Waals surface area contributed by atoms with Crippen LogP contribution >= 0.6 is 0 Å². The molecule has 3 saturated heterocycles. The summed E-state index contributed by atoms with van der Waals surface area (Å²) < 4.78 is 31.9. The fourth-order valence-electron chi connectivity index (χ4n) is 5.94. The van der Waals surface area contributed by atoms with Crippen molar-refractivity contribution in [3.63, 3.8) is 0 Å². The zero-order valence-electron chi connectivity index (χ0n) is 24.5. The third kappa shape index (κ3) is 6.34. The Hall–Kier alpha value is -3.21. The molecule has 0 aliphatic carbocycles. The van der Waals surface area contributed by atoms with Crippen LogP contribution < -0.4 is 5.32 Å². The number of amides is 3. The Bertz CT molecular complexity index is 1340. The zero-order valence-corrected chi connectivity index (χ0v) is 25.3. The Morgan fingerprint density at radius 3 is 2.59 bits per heavy atom. The SMILES string of the molecule is C[C@H](c1cccc(S(=O)(=O)N(C)C)c1)N1C(=O)[C@@H]2C[C@H]1CN2C[C@H](NC(=O)OC(C)(C)C)C(=O)N1CCC[C@H]1C#N. The van der Waals surface area contributed by atoms with Crippen molar-refractivity contribution in [3.8, 4) is 6.07 Å². The van der Waals surface area contributed by atoms with E-state index in [1.165, 1.54) is 25.1 Å². The van der Waals surface area contributed by atoms with E-state index in [4.69, 9.17) is 4.74 Å². The van der Waals surface area contributed by atoms with Gasteiger partial charge in [0, 0.05) is 39.8 Å². The lowest BCUT2D eigenvalue weighted by molar-refractivity contribution is -0.141. The lowest BCUT2D eigenvalue weighted by atomic mass is 10.1. The summed E-state index contributed by atoms with van der Waals surface area (Å²) >= 11 is 0. The van der Waals surface area contributed by atoms with Crippen LogP contribution in [-0.4, -0.2) is 109 Å². The van der Waals surface area contributed by atoms with Crippen LogP contribution in [-0.2, 0) is 24.3 Å². The van der Waals surface area contributed by atoms with Crippen LogP contribution in [0.3, 0.4) is 0 Å². The van der Waals surface area contributed by atoms with E-state index in [1.807, 2.05) is 17.9 Å². The van der Waals surface area contributed by atoms with Gasteiger partial charge in [-0.1, -0.05) is 12.1 Å². The zero-order chi connectivity index (χ0) is 30.3. The number of hydrogen-bond acceptors (Lipinski definition) is 8. The van der Waals surface area contributed by atoms with Crippen molar-refractivity contribution in [2.24, 2.45) is 0 Å². The third-order valence-corrected chi connectivity index (χ3v) is 9.75. The first-order chi connectivity index (χ1) is 19.1. The smallest absolute Gasteiger partial charge is 0.408 e. The second kappa shape index (κ2) is 11.6. The molecule has 0 spiro atoms. The van der Waals surface area contributed by atoms with Crippen molar-refractivity contribution in [1.82, 2.24) is 24.3 Å². The normalized spacial score (nSPS) is 24.4. The molecule has 2 bridgehead atoms. The number of benzene rings is 1. The summed E-state index contributed by atoms with van der Waals surface area (Å²) in [5, 5.41) is 12.2. The highest BCUT2D eigenvalue weighted by atomic mass is 32.2. The first-order valence-corrected chi connectivity index (χ1v) is 15.4. The van der Waals surface area contributed by atoms with Gasteiger partial charge in [0.15, 0.2) is 0 Å². The van der Waals surface area contributed by atoms with E-state index in [9.17, 15) is 28.1 Å². The molecule has 3 amide bonds. The highest BCUT2D eigenvalue weighted by molar-refractivity contribution is 7.89. The molecule has 1 aromatic carbocycles. The molecule has 41 heavy (non-hydrogen) atoms. The summed E-state index contributed by atoms with van der Waals surface area (Å²) in [4.78, 5) is 45.2. The summed E-state index contributed by atoms with van der Waals surface area (Å²) in [6, 6.07) is 6.32. The van der Waals surface area contributed by atoms with Gasteiger partial charge in [0.1, 0.15) is 17.7 Å². The summed E-state index contributed by atoms with van der Waals surface area (Å²) in [5.74, 6) is -0.464. The third-order valence-electron chi connectivity index (χ3n) is 7.94. The lowest BCUT2D eigenvalue weighted by Crippen LogP contribution is -2.59. The molecule has 0 radical (unpaired) electrons. The van der Waals surface area contributed by atoms with Gasteiger partial charge in [0.25, 0.3) is 0 Å². The van der Waals surface area contributed by atoms with Gasteiger partial charge in [-0.05, 0) is 64.7 Å². The molecule has 3 aliphatic heterocycles. The first-order valence-electron chi connectivity index (χ1n) is 13.9. The molecule has 13 heteroatoms. The molecule has 3 heterocycles. The molecule has 224 valence electrons. The summed E-state index contributed by atoms with van der Waals surface area (Å²) in [5.41, 5.74) is -0.0418. The Kier molecular flexibility index (Phi) is 8.68. The number of sulfonamides is 1. The van der Waals surface area contributed by atoms with Crippen LogP contribution in [0.2, 0.25) is 0 Å². The molecular weight excluding hydrogens is 548 g/mol. The second-order valence-corrected chi connectivity index (χ2v) is 14.3. The minimum atomic E-state index is -3.62. The number of ether oxygens (including phenoxy) is 1. The number of nitrogens with one attached hydrogen (secondary N) is 1. The summed E-state index contributed by atoms with van der Waals surface area (Å²) in [7, 11) is -0.674. The van der Waals surface area contributed by atoms with Crippen molar-refractivity contribution in [3.05, 3.63) is 29.8 Å². The highest BCUT2D eigenvalue weighted by Gasteiger charge is 2.52. The van der Waals surface area contributed by atoms with E-state index < -0.39 is 39.8 Å². The minimum Gasteiger partial charge on any atom is -0.444 e. The largest absolute Gasteiger partial charge is 0.444 e. The monoisotopic (exact) mass is 588 g/mol. The molecule has 3 aliphatic rings. The fourth-order valence-corrected chi connectivity index (χ4v) is 6.90. The molecule has 3 fully saturated rings. The van der Waals surface area contributed by atoms with Gasteiger partial charge >= 0.3 is 6.09 Å². The number of nitrogens with zero attached hydrogens (tertiary/aromatic N) is 5. The Morgan fingerprint density at radius 2 is 1.98 bits per heavy atom. The van der Waals surface area contributed by atoms with E-state index in [-0.39, 0.29) is 35.3 Å². The number of nitriles is 1. The molecule has 0 aromatic heterocycles. The van der Waals surface area contributed by atoms with Crippen molar-refractivity contribution >= 4 is 27.9 Å². The standard InChI is InChI=1S/C28H40N6O6S/c1-18(19-9-7-11-22(13-19)41(38,39)31(5)6)34-21-14-24(26(34)36)32(16-21)17-23(30-27(37)40-28(2,3)4)25(35)33-12-8-10-20(33)15-29/h7,9,11,13,18,20-21,23-24H,8,10,12,14,16-17H2,1-6H3,(H,30,37)/t18-,20+,21+,23+,24+/m1/s1. The van der Waals surface area contributed by atoms with Crippen LogP contribution in [0.5, 0.6) is 0 Å². The molecule has 1 aromatic rings. The van der Waals surface area contributed by atoms with Crippen LogP contribution in [0.15, 0.2) is 29.2 Å². The molecule has 1 N–H and O–H groups in total. The molecule has 0 unspecified atom stereocenters. The molecular formula is C28H40N6O6S. The fraction of sp³-hybridized carbons (Fsp3) is 0.643. The highest BCUT2D eigenvalue weighted by Crippen LogP contribution is 2.38. The number of carbonyl (C=O) groups excluding carboxylic acids is 3. The van der Waals surface area contributed by atoms with E-state index in [0.717, 1.165) is 9.87 Å². The number of hydrogen-bond donors (Lipinski definition) is 1. The quantitative estimate of drug-likeness (QED) is 0.483.